The molecule has 1 aromatic carbocycles. The van der Waals surface area contributed by atoms with Gasteiger partial charge in [0, 0.05) is 17.2 Å². The molecule has 0 N–H and O–H groups in total. The van der Waals surface area contributed by atoms with Crippen LogP contribution in [0.5, 0.6) is 0 Å². The van der Waals surface area contributed by atoms with E-state index in [0.29, 0.717) is 0 Å². The Kier molecular flexibility index (Phi) is 1.95. The Morgan fingerprint density at radius 3 is 3.06 bits per heavy atom. The van der Waals surface area contributed by atoms with E-state index in [2.05, 4.69) is 71.5 Å². The molecule has 0 radical (unpaired) electrons. The Morgan fingerprint density at radius 2 is 2.06 bits per heavy atom. The minimum atomic E-state index is 1.02. The summed E-state index contributed by atoms with van der Waals surface area (Å²) >= 11 is 0. The molecule has 0 amide bonds. The van der Waals surface area contributed by atoms with Gasteiger partial charge in [-0.2, -0.15) is 0 Å². The third kappa shape index (κ3) is 1.28. The maximum atomic E-state index is 2.31. The summed E-state index contributed by atoms with van der Waals surface area (Å²) in [6.07, 6.45) is 14.2. The van der Waals surface area contributed by atoms with E-state index in [4.69, 9.17) is 0 Å². The summed E-state index contributed by atoms with van der Waals surface area (Å²) in [7, 11) is 0. The molecule has 0 bridgehead atoms. The second-order valence-electron chi connectivity index (χ2n) is 4.68. The van der Waals surface area contributed by atoms with E-state index in [1.165, 1.54) is 27.7 Å². The fraction of sp³-hybridized carbons (Fsp3) is 0.0588. The lowest BCUT2D eigenvalue weighted by Crippen LogP contribution is -1.96. The molecule has 2 aliphatic rings. The lowest BCUT2D eigenvalue weighted by Gasteiger charge is -2.11. The molecule has 0 fully saturated rings. The van der Waals surface area contributed by atoms with Gasteiger partial charge in [0.25, 0.3) is 0 Å². The van der Waals surface area contributed by atoms with Gasteiger partial charge in [0.15, 0.2) is 0 Å². The van der Waals surface area contributed by atoms with Gasteiger partial charge in [-0.3, -0.25) is 0 Å². The van der Waals surface area contributed by atoms with E-state index in [1.54, 1.807) is 0 Å². The molecule has 2 aromatic rings. The zero-order chi connectivity index (χ0) is 11.9. The van der Waals surface area contributed by atoms with Crippen LogP contribution in [-0.2, 0) is 0 Å². The molecule has 1 aliphatic carbocycles. The van der Waals surface area contributed by atoms with Crippen molar-refractivity contribution in [3.8, 4) is 0 Å². The highest BCUT2D eigenvalue weighted by Gasteiger charge is 2.15. The molecule has 1 aliphatic heterocycles. The van der Waals surface area contributed by atoms with Gasteiger partial charge in [-0.15, -0.1) is 0 Å². The van der Waals surface area contributed by atoms with Crippen LogP contribution in [0.3, 0.4) is 0 Å². The van der Waals surface area contributed by atoms with Gasteiger partial charge in [0.1, 0.15) is 0 Å². The van der Waals surface area contributed by atoms with Crippen molar-refractivity contribution < 1.29 is 0 Å². The fourth-order valence-corrected chi connectivity index (χ4v) is 2.76. The quantitative estimate of drug-likeness (QED) is 0.633. The topological polar surface area (TPSA) is 4.93 Å². The molecule has 0 spiro atoms. The molecule has 1 aromatic heterocycles. The number of hydrogen-bond acceptors (Lipinski definition) is 0. The maximum absolute atomic E-state index is 2.31. The Morgan fingerprint density at radius 1 is 1.11 bits per heavy atom. The normalized spacial score (nSPS) is 16.9. The van der Waals surface area contributed by atoms with E-state index in [-0.39, 0.29) is 0 Å². The number of para-hydroxylation sites is 1. The van der Waals surface area contributed by atoms with Gasteiger partial charge in [-0.25, -0.2) is 0 Å². The fourth-order valence-electron chi connectivity index (χ4n) is 2.76. The minimum Gasteiger partial charge on any atom is -0.316 e. The zero-order valence-electron chi connectivity index (χ0n) is 10.0. The summed E-state index contributed by atoms with van der Waals surface area (Å²) in [5, 5.41) is 1.30. The number of nitrogens with zero attached hydrogens (tertiary/aromatic N) is 1. The SMILES string of the molecule is C1=Cn2c(cc3ccccc32)C2=CCC=CC2=C1. The molecule has 0 atom stereocenters. The average molecular weight is 231 g/mol. The first-order valence-electron chi connectivity index (χ1n) is 6.29. The second-order valence-corrected chi connectivity index (χ2v) is 4.68. The van der Waals surface area contributed by atoms with E-state index < -0.39 is 0 Å². The van der Waals surface area contributed by atoms with Crippen LogP contribution in [0.2, 0.25) is 0 Å². The Labute approximate surface area is 106 Å². The maximum Gasteiger partial charge on any atom is 0.0537 e. The molecule has 86 valence electrons. The summed E-state index contributed by atoms with van der Waals surface area (Å²) in [5.74, 6) is 0. The smallest absolute Gasteiger partial charge is 0.0537 e. The number of allylic oxidation sites excluding steroid dienone is 7. The number of benzene rings is 1. The van der Waals surface area contributed by atoms with E-state index in [9.17, 15) is 0 Å². The van der Waals surface area contributed by atoms with Crippen molar-refractivity contribution in [1.29, 1.82) is 0 Å². The van der Waals surface area contributed by atoms with Gasteiger partial charge < -0.3 is 4.57 Å². The molecule has 0 saturated carbocycles. The van der Waals surface area contributed by atoms with Crippen molar-refractivity contribution in [2.75, 3.05) is 0 Å². The molecule has 1 nitrogen and oxygen atoms in total. The van der Waals surface area contributed by atoms with Crippen LogP contribution in [0.25, 0.3) is 22.7 Å². The van der Waals surface area contributed by atoms with E-state index >= 15 is 0 Å². The monoisotopic (exact) mass is 231 g/mol. The number of rotatable bonds is 0. The Balaban J connectivity index is 2.07. The van der Waals surface area contributed by atoms with Gasteiger partial charge in [-0.05, 0) is 30.2 Å². The average Bonchev–Trinajstić information content (AvgIpc) is 2.69. The third-order valence-electron chi connectivity index (χ3n) is 3.60. The van der Waals surface area contributed by atoms with Crippen LogP contribution in [0.15, 0.2) is 66.3 Å². The van der Waals surface area contributed by atoms with Crippen LogP contribution in [0.1, 0.15) is 12.1 Å². The van der Waals surface area contributed by atoms with Gasteiger partial charge in [0.2, 0.25) is 0 Å². The number of aromatic nitrogens is 1. The van der Waals surface area contributed by atoms with Crippen molar-refractivity contribution in [3.63, 3.8) is 0 Å². The summed E-state index contributed by atoms with van der Waals surface area (Å²) < 4.78 is 2.28. The van der Waals surface area contributed by atoms with Crippen molar-refractivity contribution in [3.05, 3.63) is 72.0 Å². The van der Waals surface area contributed by atoms with Crippen LogP contribution in [0.4, 0.5) is 0 Å². The van der Waals surface area contributed by atoms with Crippen molar-refractivity contribution >= 4 is 22.7 Å². The summed E-state index contributed by atoms with van der Waals surface area (Å²) in [4.78, 5) is 0. The van der Waals surface area contributed by atoms with Crippen LogP contribution >= 0.6 is 0 Å². The molecule has 4 rings (SSSR count). The Hall–Kier alpha value is -2.28. The third-order valence-corrected chi connectivity index (χ3v) is 3.60. The van der Waals surface area contributed by atoms with Crippen LogP contribution in [0, 0.1) is 0 Å². The minimum absolute atomic E-state index is 1.02. The first kappa shape index (κ1) is 9.72. The van der Waals surface area contributed by atoms with Crippen LogP contribution in [-0.4, -0.2) is 4.57 Å². The number of hydrogen-bond donors (Lipinski definition) is 0. The van der Waals surface area contributed by atoms with Crippen molar-refractivity contribution in [2.45, 2.75) is 6.42 Å². The highest BCUT2D eigenvalue weighted by atomic mass is 15.0. The zero-order valence-corrected chi connectivity index (χ0v) is 10.0. The lowest BCUT2D eigenvalue weighted by molar-refractivity contribution is 1.18. The molecule has 0 unspecified atom stereocenters. The van der Waals surface area contributed by atoms with Gasteiger partial charge in [-0.1, -0.05) is 42.5 Å². The summed E-state index contributed by atoms with van der Waals surface area (Å²) in [6.45, 7) is 0. The largest absolute Gasteiger partial charge is 0.316 e. The lowest BCUT2D eigenvalue weighted by atomic mass is 9.97. The highest BCUT2D eigenvalue weighted by molar-refractivity contribution is 5.93. The van der Waals surface area contributed by atoms with E-state index in [1.807, 2.05) is 0 Å². The number of fused-ring (bicyclic) bond motifs is 5. The molecule has 0 saturated heterocycles. The predicted octanol–water partition coefficient (Wildman–Crippen LogP) is 4.40. The molecule has 18 heavy (non-hydrogen) atoms. The summed E-state index contributed by atoms with van der Waals surface area (Å²) in [5.41, 5.74) is 5.21. The highest BCUT2D eigenvalue weighted by Crippen LogP contribution is 2.34. The van der Waals surface area contributed by atoms with Gasteiger partial charge in [0.05, 0.1) is 11.2 Å². The van der Waals surface area contributed by atoms with Crippen LogP contribution < -0.4 is 0 Å². The molecule has 2 heterocycles. The standard InChI is InChI=1S/C17H13N/c1-3-9-15-13(6-1)8-5-11-18-16-10-4-2-7-14(16)12-17(15)18/h1-2,4-12H,3H2. The van der Waals surface area contributed by atoms with Gasteiger partial charge >= 0.3 is 0 Å². The first-order chi connectivity index (χ1) is 8.93. The van der Waals surface area contributed by atoms with Crippen molar-refractivity contribution in [2.24, 2.45) is 0 Å². The predicted molar refractivity (Wildman–Crippen MR) is 77.1 cm³/mol. The Bertz CT molecular complexity index is 751. The molecule has 1 heteroatoms. The summed E-state index contributed by atoms with van der Waals surface area (Å²) in [6, 6.07) is 10.8. The van der Waals surface area contributed by atoms with E-state index in [0.717, 1.165) is 6.42 Å². The van der Waals surface area contributed by atoms with Crippen molar-refractivity contribution in [1.82, 2.24) is 4.57 Å². The molecular formula is C17H13N. The first-order valence-corrected chi connectivity index (χ1v) is 6.29. The molecular weight excluding hydrogens is 218 g/mol. The second kappa shape index (κ2) is 3.61.